The molecule has 3 rings (SSSR count). The molecule has 1 unspecified atom stereocenters. The van der Waals surface area contributed by atoms with Gasteiger partial charge in [-0.05, 0) is 36.8 Å². The van der Waals surface area contributed by atoms with Crippen LogP contribution in [0.2, 0.25) is 0 Å². The number of alkyl halides is 4. The molecule has 0 amide bonds. The van der Waals surface area contributed by atoms with E-state index in [0.29, 0.717) is 24.5 Å². The molecule has 26 heavy (non-hydrogen) atoms. The molecule has 2 heterocycles. The average Bonchev–Trinajstić information content (AvgIpc) is 2.53. The van der Waals surface area contributed by atoms with Gasteiger partial charge in [0.15, 0.2) is 11.3 Å². The lowest BCUT2D eigenvalue weighted by atomic mass is 9.83. The highest BCUT2D eigenvalue weighted by Crippen LogP contribution is 2.43. The van der Waals surface area contributed by atoms with Gasteiger partial charge in [-0.1, -0.05) is 35.8 Å². The zero-order valence-corrected chi connectivity index (χ0v) is 16.5. The number of halogens is 4. The van der Waals surface area contributed by atoms with E-state index in [-0.39, 0.29) is 27.4 Å². The molecule has 1 saturated heterocycles. The van der Waals surface area contributed by atoms with Crippen molar-refractivity contribution in [2.75, 3.05) is 18.0 Å². The van der Waals surface area contributed by atoms with E-state index in [1.54, 1.807) is 13.0 Å². The van der Waals surface area contributed by atoms with Crippen LogP contribution in [0.1, 0.15) is 42.6 Å². The Morgan fingerprint density at radius 1 is 1.19 bits per heavy atom. The first-order chi connectivity index (χ1) is 12.0. The summed E-state index contributed by atoms with van der Waals surface area (Å²) in [5.41, 5.74) is 0.414. The van der Waals surface area contributed by atoms with Gasteiger partial charge in [0.1, 0.15) is 10.4 Å². The molecule has 1 atom stereocenters. The average molecular weight is 432 g/mol. The molecule has 1 aliphatic rings. The first kappa shape index (κ1) is 19.3. The van der Waals surface area contributed by atoms with E-state index in [0.717, 1.165) is 12.8 Å². The van der Waals surface area contributed by atoms with Crippen LogP contribution in [0.15, 0.2) is 27.4 Å². The number of piperidine rings is 1. The van der Waals surface area contributed by atoms with Crippen LogP contribution in [0.4, 0.5) is 19.1 Å². The van der Waals surface area contributed by atoms with Gasteiger partial charge in [0.05, 0.1) is 5.39 Å². The van der Waals surface area contributed by atoms with Gasteiger partial charge < -0.3 is 9.32 Å². The maximum Gasteiger partial charge on any atom is 0.405 e. The molecule has 7 heteroatoms. The SMILES string of the molecule is Cc1cc(C(Br)C(F)(F)F)c2oc(N3CCC(C)(C)CC3)cc(=O)c2c1. The summed E-state index contributed by atoms with van der Waals surface area (Å²) in [5.74, 6) is 0.338. The fourth-order valence-electron chi connectivity index (χ4n) is 3.27. The van der Waals surface area contributed by atoms with E-state index in [9.17, 15) is 18.0 Å². The lowest BCUT2D eigenvalue weighted by molar-refractivity contribution is -0.128. The van der Waals surface area contributed by atoms with Crippen molar-refractivity contribution in [1.82, 2.24) is 0 Å². The summed E-state index contributed by atoms with van der Waals surface area (Å²) in [4.78, 5) is 12.6. The smallest absolute Gasteiger partial charge is 0.405 e. The topological polar surface area (TPSA) is 33.5 Å². The van der Waals surface area contributed by atoms with Crippen LogP contribution < -0.4 is 10.3 Å². The quantitative estimate of drug-likeness (QED) is 0.569. The third-order valence-electron chi connectivity index (χ3n) is 4.98. The van der Waals surface area contributed by atoms with Gasteiger partial charge in [0.2, 0.25) is 0 Å². The molecule has 2 aromatic rings. The Morgan fingerprint density at radius 3 is 2.38 bits per heavy atom. The van der Waals surface area contributed by atoms with Crippen molar-refractivity contribution in [2.45, 2.75) is 44.6 Å². The summed E-state index contributed by atoms with van der Waals surface area (Å²) in [6.45, 7) is 7.44. The first-order valence-electron chi connectivity index (χ1n) is 8.52. The van der Waals surface area contributed by atoms with Crippen LogP contribution in [0.3, 0.4) is 0 Å². The lowest BCUT2D eigenvalue weighted by Gasteiger charge is -2.37. The second-order valence-corrected chi connectivity index (χ2v) is 8.65. The highest BCUT2D eigenvalue weighted by atomic mass is 79.9. The third kappa shape index (κ3) is 3.77. The Morgan fingerprint density at radius 2 is 1.81 bits per heavy atom. The van der Waals surface area contributed by atoms with Gasteiger partial charge in [-0.15, -0.1) is 0 Å². The van der Waals surface area contributed by atoms with Crippen molar-refractivity contribution >= 4 is 32.8 Å². The molecular weight excluding hydrogens is 411 g/mol. The molecule has 0 radical (unpaired) electrons. The van der Waals surface area contributed by atoms with Gasteiger partial charge in [-0.25, -0.2) is 0 Å². The van der Waals surface area contributed by atoms with Crippen LogP contribution in [-0.4, -0.2) is 19.3 Å². The fourth-order valence-corrected chi connectivity index (χ4v) is 3.62. The summed E-state index contributed by atoms with van der Waals surface area (Å²) < 4.78 is 45.6. The second kappa shape index (κ2) is 6.59. The van der Waals surface area contributed by atoms with Gasteiger partial charge in [-0.3, -0.25) is 4.79 Å². The Bertz CT molecular complexity index is 879. The van der Waals surface area contributed by atoms with E-state index in [4.69, 9.17) is 4.42 Å². The van der Waals surface area contributed by atoms with Crippen molar-refractivity contribution in [1.29, 1.82) is 0 Å². The van der Waals surface area contributed by atoms with Crippen molar-refractivity contribution in [2.24, 2.45) is 5.41 Å². The second-order valence-electron chi connectivity index (χ2n) is 7.74. The van der Waals surface area contributed by atoms with Gasteiger partial charge in [0.25, 0.3) is 0 Å². The number of rotatable bonds is 2. The van der Waals surface area contributed by atoms with E-state index >= 15 is 0 Å². The molecule has 1 aliphatic heterocycles. The molecule has 0 N–H and O–H groups in total. The monoisotopic (exact) mass is 431 g/mol. The van der Waals surface area contributed by atoms with Crippen LogP contribution in [0, 0.1) is 12.3 Å². The minimum absolute atomic E-state index is 0.00198. The minimum atomic E-state index is -4.48. The predicted octanol–water partition coefficient (Wildman–Crippen LogP) is 5.73. The first-order valence-corrected chi connectivity index (χ1v) is 9.44. The Kier molecular flexibility index (Phi) is 4.88. The fraction of sp³-hybridized carbons (Fsp3) is 0.526. The summed E-state index contributed by atoms with van der Waals surface area (Å²) in [5, 5.41) is 0.176. The summed E-state index contributed by atoms with van der Waals surface area (Å²) in [6.07, 6.45) is -2.62. The third-order valence-corrected chi connectivity index (χ3v) is 5.99. The summed E-state index contributed by atoms with van der Waals surface area (Å²) >= 11 is 2.72. The van der Waals surface area contributed by atoms with Crippen molar-refractivity contribution in [3.63, 3.8) is 0 Å². The molecular formula is C19H21BrF3NO2. The summed E-state index contributed by atoms with van der Waals surface area (Å²) in [6, 6.07) is 4.38. The van der Waals surface area contributed by atoms with E-state index in [1.165, 1.54) is 12.1 Å². The van der Waals surface area contributed by atoms with Gasteiger partial charge in [0, 0.05) is 24.7 Å². The molecule has 1 aromatic heterocycles. The number of hydrogen-bond acceptors (Lipinski definition) is 3. The number of anilines is 1. The van der Waals surface area contributed by atoms with Crippen molar-refractivity contribution in [3.8, 4) is 0 Å². The van der Waals surface area contributed by atoms with E-state index in [1.807, 2.05) is 4.90 Å². The molecule has 0 bridgehead atoms. The largest absolute Gasteiger partial charge is 0.440 e. The van der Waals surface area contributed by atoms with Crippen LogP contribution in [0.25, 0.3) is 11.0 Å². The van der Waals surface area contributed by atoms with Crippen LogP contribution in [-0.2, 0) is 0 Å². The predicted molar refractivity (Wildman–Crippen MR) is 100 cm³/mol. The maximum atomic E-state index is 13.3. The molecule has 0 aliphatic carbocycles. The number of fused-ring (bicyclic) bond motifs is 1. The number of aryl methyl sites for hydroxylation is 1. The maximum absolute atomic E-state index is 13.3. The minimum Gasteiger partial charge on any atom is -0.440 e. The molecule has 1 aromatic carbocycles. The molecule has 0 saturated carbocycles. The highest BCUT2D eigenvalue weighted by Gasteiger charge is 2.40. The normalized spacial score (nSPS) is 19.0. The number of hydrogen-bond donors (Lipinski definition) is 0. The highest BCUT2D eigenvalue weighted by molar-refractivity contribution is 9.09. The Labute approximate surface area is 158 Å². The standard InChI is InChI=1S/C19H21BrF3NO2/c1-11-8-12-14(25)10-15(24-6-4-18(2,3)5-7-24)26-16(12)13(9-11)17(20)19(21,22)23/h8-10,17H,4-7H2,1-3H3. The van der Waals surface area contributed by atoms with Crippen molar-refractivity contribution < 1.29 is 17.6 Å². The van der Waals surface area contributed by atoms with Gasteiger partial charge >= 0.3 is 6.18 Å². The number of nitrogens with zero attached hydrogens (tertiary/aromatic N) is 1. The molecule has 0 spiro atoms. The van der Waals surface area contributed by atoms with Crippen molar-refractivity contribution in [3.05, 3.63) is 39.5 Å². The Balaban J connectivity index is 2.12. The van der Waals surface area contributed by atoms with Crippen LogP contribution in [0.5, 0.6) is 0 Å². The summed E-state index contributed by atoms with van der Waals surface area (Å²) in [7, 11) is 0. The number of benzene rings is 1. The van der Waals surface area contributed by atoms with E-state index in [2.05, 4.69) is 29.8 Å². The molecule has 142 valence electrons. The van der Waals surface area contributed by atoms with Gasteiger partial charge in [-0.2, -0.15) is 13.2 Å². The van der Waals surface area contributed by atoms with E-state index < -0.39 is 11.0 Å². The zero-order valence-electron chi connectivity index (χ0n) is 14.9. The molecule has 3 nitrogen and oxygen atoms in total. The Hall–Kier alpha value is -1.50. The zero-order chi connectivity index (χ0) is 19.3. The molecule has 1 fully saturated rings. The van der Waals surface area contributed by atoms with Crippen LogP contribution >= 0.6 is 15.9 Å². The lowest BCUT2D eigenvalue weighted by Crippen LogP contribution is -2.37.